The Labute approximate surface area is 106 Å². The van der Waals surface area contributed by atoms with Crippen LogP contribution in [-0.2, 0) is 4.79 Å². The molecule has 0 aromatic heterocycles. The molecule has 1 aliphatic heterocycles. The van der Waals surface area contributed by atoms with Crippen molar-refractivity contribution in [1.29, 1.82) is 0 Å². The molecule has 0 bridgehead atoms. The third-order valence-corrected chi connectivity index (χ3v) is 5.10. The van der Waals surface area contributed by atoms with Gasteiger partial charge in [-0.2, -0.15) is 0 Å². The van der Waals surface area contributed by atoms with Crippen LogP contribution in [0.3, 0.4) is 0 Å². The van der Waals surface area contributed by atoms with Gasteiger partial charge in [-0.25, -0.2) is 0 Å². The Kier molecular flexibility index (Phi) is 4.24. The van der Waals surface area contributed by atoms with Crippen LogP contribution in [0.25, 0.3) is 0 Å². The van der Waals surface area contributed by atoms with Crippen molar-refractivity contribution in [3.63, 3.8) is 0 Å². The summed E-state index contributed by atoms with van der Waals surface area (Å²) in [7, 11) is 0. The molecule has 17 heavy (non-hydrogen) atoms. The fourth-order valence-electron chi connectivity index (χ4n) is 3.55. The van der Waals surface area contributed by atoms with Gasteiger partial charge in [0.15, 0.2) is 0 Å². The van der Waals surface area contributed by atoms with Crippen LogP contribution >= 0.6 is 0 Å². The molecule has 1 saturated carbocycles. The Balaban J connectivity index is 1.91. The lowest BCUT2D eigenvalue weighted by molar-refractivity contribution is -0.134. The largest absolute Gasteiger partial charge is 0.317 e. The summed E-state index contributed by atoms with van der Waals surface area (Å²) < 4.78 is 0. The van der Waals surface area contributed by atoms with E-state index in [1.165, 1.54) is 19.3 Å². The molecule has 2 nitrogen and oxygen atoms in total. The number of Topliss-reactive ketones (excluding diaryl/α,β-unsaturated/α-hetero) is 1. The van der Waals surface area contributed by atoms with Crippen molar-refractivity contribution in [2.75, 3.05) is 13.1 Å². The molecule has 2 heteroatoms. The standard InChI is InChI=1S/C15H27NO/c1-3-12-4-6-13(7-5-12)14(17)15(2)8-10-16-11-9-15/h12-13,16H,3-11H2,1-2H3. The fraction of sp³-hybridized carbons (Fsp3) is 0.933. The van der Waals surface area contributed by atoms with E-state index in [-0.39, 0.29) is 5.41 Å². The normalized spacial score (nSPS) is 33.3. The lowest BCUT2D eigenvalue weighted by Gasteiger charge is -2.37. The number of carbonyl (C=O) groups excluding carboxylic acids is 1. The smallest absolute Gasteiger partial charge is 0.141 e. The SMILES string of the molecule is CCC1CCC(C(=O)C2(C)CCNCC2)CC1. The molecule has 0 aromatic rings. The second kappa shape index (κ2) is 5.51. The van der Waals surface area contributed by atoms with Gasteiger partial charge in [-0.05, 0) is 57.5 Å². The number of piperidine rings is 1. The summed E-state index contributed by atoms with van der Waals surface area (Å²) in [5.74, 6) is 1.84. The van der Waals surface area contributed by atoms with Crippen molar-refractivity contribution in [1.82, 2.24) is 5.32 Å². The molecule has 2 rings (SSSR count). The van der Waals surface area contributed by atoms with Gasteiger partial charge < -0.3 is 5.32 Å². The molecule has 1 saturated heterocycles. The third-order valence-electron chi connectivity index (χ3n) is 5.10. The van der Waals surface area contributed by atoms with Gasteiger partial charge in [0, 0.05) is 11.3 Å². The summed E-state index contributed by atoms with van der Waals surface area (Å²) in [6, 6.07) is 0. The maximum Gasteiger partial charge on any atom is 0.141 e. The number of hydrogen-bond acceptors (Lipinski definition) is 2. The first-order valence-corrected chi connectivity index (χ1v) is 7.41. The van der Waals surface area contributed by atoms with Crippen LogP contribution in [0.2, 0.25) is 0 Å². The van der Waals surface area contributed by atoms with E-state index >= 15 is 0 Å². The highest BCUT2D eigenvalue weighted by molar-refractivity contribution is 5.86. The maximum absolute atomic E-state index is 12.6. The van der Waals surface area contributed by atoms with E-state index in [4.69, 9.17) is 0 Å². The molecule has 0 aromatic carbocycles. The second-order valence-electron chi connectivity index (χ2n) is 6.30. The van der Waals surface area contributed by atoms with Crippen molar-refractivity contribution < 1.29 is 4.79 Å². The highest BCUT2D eigenvalue weighted by Crippen LogP contribution is 2.38. The fourth-order valence-corrected chi connectivity index (χ4v) is 3.55. The Morgan fingerprint density at radius 2 is 1.76 bits per heavy atom. The zero-order valence-electron chi connectivity index (χ0n) is 11.4. The zero-order chi connectivity index (χ0) is 12.3. The molecule has 0 unspecified atom stereocenters. The van der Waals surface area contributed by atoms with Crippen LogP contribution in [0.15, 0.2) is 0 Å². The molecule has 98 valence electrons. The van der Waals surface area contributed by atoms with Gasteiger partial charge in [-0.1, -0.05) is 20.3 Å². The second-order valence-corrected chi connectivity index (χ2v) is 6.30. The van der Waals surface area contributed by atoms with Crippen molar-refractivity contribution in [3.05, 3.63) is 0 Å². The van der Waals surface area contributed by atoms with Gasteiger partial charge in [0.2, 0.25) is 0 Å². The highest BCUT2D eigenvalue weighted by atomic mass is 16.1. The minimum atomic E-state index is -0.0189. The summed E-state index contributed by atoms with van der Waals surface area (Å²) >= 11 is 0. The van der Waals surface area contributed by atoms with Gasteiger partial charge in [-0.3, -0.25) is 4.79 Å². The zero-order valence-corrected chi connectivity index (χ0v) is 11.4. The average molecular weight is 237 g/mol. The first-order valence-electron chi connectivity index (χ1n) is 7.41. The quantitative estimate of drug-likeness (QED) is 0.817. The number of hydrogen-bond donors (Lipinski definition) is 1. The molecule has 0 atom stereocenters. The van der Waals surface area contributed by atoms with Gasteiger partial charge in [-0.15, -0.1) is 0 Å². The van der Waals surface area contributed by atoms with Gasteiger partial charge >= 0.3 is 0 Å². The van der Waals surface area contributed by atoms with E-state index in [2.05, 4.69) is 19.2 Å². The summed E-state index contributed by atoms with van der Waals surface area (Å²) in [4.78, 5) is 12.6. The average Bonchev–Trinajstić information content (AvgIpc) is 2.39. The topological polar surface area (TPSA) is 29.1 Å². The minimum absolute atomic E-state index is 0.0189. The summed E-state index contributed by atoms with van der Waals surface area (Å²) in [6.07, 6.45) is 8.24. The van der Waals surface area contributed by atoms with E-state index in [1.54, 1.807) is 0 Å². The predicted octanol–water partition coefficient (Wildman–Crippen LogP) is 3.16. The van der Waals surface area contributed by atoms with E-state index in [1.807, 2.05) is 0 Å². The number of rotatable bonds is 3. The molecule has 2 fully saturated rings. The first kappa shape index (κ1) is 13.1. The van der Waals surface area contributed by atoms with Gasteiger partial charge in [0.05, 0.1) is 0 Å². The third kappa shape index (κ3) is 2.90. The summed E-state index contributed by atoms with van der Waals surface area (Å²) in [6.45, 7) is 6.52. The lowest BCUT2D eigenvalue weighted by atomic mass is 9.68. The highest BCUT2D eigenvalue weighted by Gasteiger charge is 2.39. The van der Waals surface area contributed by atoms with Crippen LogP contribution in [0, 0.1) is 17.3 Å². The van der Waals surface area contributed by atoms with Crippen LogP contribution in [0.1, 0.15) is 58.8 Å². The molecule has 1 heterocycles. The van der Waals surface area contributed by atoms with Gasteiger partial charge in [0.25, 0.3) is 0 Å². The van der Waals surface area contributed by atoms with Crippen molar-refractivity contribution in [2.24, 2.45) is 17.3 Å². The molecule has 1 aliphatic carbocycles. The molecule has 0 amide bonds. The Morgan fingerprint density at radius 1 is 1.18 bits per heavy atom. The Morgan fingerprint density at radius 3 is 2.29 bits per heavy atom. The number of ketones is 1. The maximum atomic E-state index is 12.6. The molecule has 0 radical (unpaired) electrons. The van der Waals surface area contributed by atoms with Crippen LogP contribution in [0.5, 0.6) is 0 Å². The Bertz CT molecular complexity index is 260. The molecular weight excluding hydrogens is 210 g/mol. The predicted molar refractivity (Wildman–Crippen MR) is 71.0 cm³/mol. The van der Waals surface area contributed by atoms with Gasteiger partial charge in [0.1, 0.15) is 5.78 Å². The van der Waals surface area contributed by atoms with Crippen LogP contribution in [0.4, 0.5) is 0 Å². The van der Waals surface area contributed by atoms with E-state index in [9.17, 15) is 4.79 Å². The molecule has 0 spiro atoms. The molecule has 1 N–H and O–H groups in total. The lowest BCUT2D eigenvalue weighted by Crippen LogP contribution is -2.43. The molecular formula is C15H27NO. The van der Waals surface area contributed by atoms with Crippen molar-refractivity contribution in [3.8, 4) is 0 Å². The monoisotopic (exact) mass is 237 g/mol. The van der Waals surface area contributed by atoms with E-state index in [0.717, 1.165) is 44.7 Å². The van der Waals surface area contributed by atoms with E-state index < -0.39 is 0 Å². The molecule has 2 aliphatic rings. The van der Waals surface area contributed by atoms with Crippen LogP contribution in [-0.4, -0.2) is 18.9 Å². The van der Waals surface area contributed by atoms with E-state index in [0.29, 0.717) is 11.7 Å². The first-order chi connectivity index (χ1) is 8.15. The Hall–Kier alpha value is -0.370. The summed E-state index contributed by atoms with van der Waals surface area (Å²) in [5.41, 5.74) is -0.0189. The van der Waals surface area contributed by atoms with Crippen LogP contribution < -0.4 is 5.32 Å². The van der Waals surface area contributed by atoms with Crippen molar-refractivity contribution >= 4 is 5.78 Å². The summed E-state index contributed by atoms with van der Waals surface area (Å²) in [5, 5.41) is 3.36. The number of nitrogens with one attached hydrogen (secondary N) is 1. The number of carbonyl (C=O) groups is 1. The van der Waals surface area contributed by atoms with Crippen molar-refractivity contribution in [2.45, 2.75) is 58.8 Å². The minimum Gasteiger partial charge on any atom is -0.317 e.